The topological polar surface area (TPSA) is 51.2 Å². The molecule has 0 saturated heterocycles. The number of carbonyl (C=O) groups excluding carboxylic acids is 1. The van der Waals surface area contributed by atoms with E-state index < -0.39 is 0 Å². The van der Waals surface area contributed by atoms with Crippen molar-refractivity contribution >= 4 is 75.9 Å². The van der Waals surface area contributed by atoms with Gasteiger partial charge in [-0.25, -0.2) is 4.98 Å². The summed E-state index contributed by atoms with van der Waals surface area (Å²) in [6, 6.07) is 3.88. The van der Waals surface area contributed by atoms with Crippen LogP contribution in [-0.4, -0.2) is 18.1 Å². The van der Waals surface area contributed by atoms with Gasteiger partial charge in [0.05, 0.1) is 24.9 Å². The lowest BCUT2D eigenvalue weighted by molar-refractivity contribution is -0.139. The lowest BCUT2D eigenvalue weighted by atomic mass is 10.3. The Balaban J connectivity index is 2.17. The Labute approximate surface area is 145 Å². The Morgan fingerprint density at radius 1 is 1.35 bits per heavy atom. The number of carbonyl (C=O) groups is 1. The van der Waals surface area contributed by atoms with Gasteiger partial charge in [0.25, 0.3) is 0 Å². The number of benzene rings is 1. The third kappa shape index (κ3) is 4.03. The van der Waals surface area contributed by atoms with Crippen LogP contribution in [0.5, 0.6) is 0 Å². The summed E-state index contributed by atoms with van der Waals surface area (Å²) in [5.41, 5.74) is 1.57. The van der Waals surface area contributed by atoms with Crippen molar-refractivity contribution in [3.05, 3.63) is 36.6 Å². The minimum absolute atomic E-state index is 0.178. The van der Waals surface area contributed by atoms with Gasteiger partial charge in [0.1, 0.15) is 0 Å². The second kappa shape index (κ2) is 7.02. The third-order valence-electron chi connectivity index (χ3n) is 2.34. The normalized spacial score (nSPS) is 10.4. The second-order valence-electron chi connectivity index (χ2n) is 3.77. The Morgan fingerprint density at radius 3 is 2.60 bits per heavy atom. The molecule has 1 aromatic carbocycles. The summed E-state index contributed by atoms with van der Waals surface area (Å²) in [5, 5.41) is 5.77. The zero-order valence-corrected chi connectivity index (χ0v) is 15.8. The van der Waals surface area contributed by atoms with Crippen molar-refractivity contribution in [2.24, 2.45) is 0 Å². The van der Waals surface area contributed by atoms with E-state index in [4.69, 9.17) is 0 Å². The van der Waals surface area contributed by atoms with Crippen LogP contribution >= 0.6 is 59.1 Å². The van der Waals surface area contributed by atoms with Gasteiger partial charge in [0, 0.05) is 18.8 Å². The Hall–Kier alpha value is -0.440. The number of hydrogen-bond acceptors (Lipinski definition) is 5. The molecule has 1 N–H and O–H groups in total. The van der Waals surface area contributed by atoms with E-state index in [0.29, 0.717) is 10.8 Å². The SMILES string of the molecule is COC(=O)Cc1csc(Nc2c(Br)cc(Br)cc2Br)n1. The smallest absolute Gasteiger partial charge is 0.311 e. The van der Waals surface area contributed by atoms with Gasteiger partial charge < -0.3 is 10.1 Å². The van der Waals surface area contributed by atoms with Crippen LogP contribution < -0.4 is 5.32 Å². The first-order valence-corrected chi connectivity index (χ1v) is 8.68. The molecular weight excluding hydrogens is 476 g/mol. The number of hydrogen-bond donors (Lipinski definition) is 1. The quantitative estimate of drug-likeness (QED) is 0.628. The minimum Gasteiger partial charge on any atom is -0.469 e. The molecule has 0 atom stereocenters. The van der Waals surface area contributed by atoms with Crippen molar-refractivity contribution in [3.8, 4) is 0 Å². The number of anilines is 2. The molecule has 1 aromatic heterocycles. The molecule has 1 heterocycles. The van der Waals surface area contributed by atoms with E-state index in [1.807, 2.05) is 17.5 Å². The number of ether oxygens (including phenoxy) is 1. The molecule has 0 amide bonds. The van der Waals surface area contributed by atoms with Crippen LogP contribution in [0.1, 0.15) is 5.69 Å². The molecule has 0 spiro atoms. The molecule has 0 fully saturated rings. The lowest BCUT2D eigenvalue weighted by Gasteiger charge is -2.08. The van der Waals surface area contributed by atoms with Crippen molar-refractivity contribution in [1.29, 1.82) is 0 Å². The molecule has 2 aromatic rings. The van der Waals surface area contributed by atoms with E-state index in [1.165, 1.54) is 18.4 Å². The fourth-order valence-corrected chi connectivity index (χ4v) is 4.61. The molecule has 0 aliphatic rings. The van der Waals surface area contributed by atoms with Crippen molar-refractivity contribution in [1.82, 2.24) is 4.98 Å². The maximum atomic E-state index is 11.2. The fourth-order valence-electron chi connectivity index (χ4n) is 1.43. The van der Waals surface area contributed by atoms with Crippen LogP contribution in [0.15, 0.2) is 30.9 Å². The molecule has 0 unspecified atom stereocenters. The predicted molar refractivity (Wildman–Crippen MR) is 90.7 cm³/mol. The molecule has 0 aliphatic carbocycles. The number of esters is 1. The van der Waals surface area contributed by atoms with Gasteiger partial charge in [-0.1, -0.05) is 15.9 Å². The third-order valence-corrected chi connectivity index (χ3v) is 4.86. The van der Waals surface area contributed by atoms with Gasteiger partial charge in [0.2, 0.25) is 0 Å². The lowest BCUT2D eigenvalue weighted by Crippen LogP contribution is -2.04. The van der Waals surface area contributed by atoms with E-state index >= 15 is 0 Å². The largest absolute Gasteiger partial charge is 0.469 e. The predicted octanol–water partition coefficient (Wildman–Crippen LogP) is 4.89. The number of rotatable bonds is 4. The van der Waals surface area contributed by atoms with Crippen molar-refractivity contribution in [2.75, 3.05) is 12.4 Å². The zero-order valence-electron chi connectivity index (χ0n) is 10.2. The maximum Gasteiger partial charge on any atom is 0.311 e. The van der Waals surface area contributed by atoms with E-state index in [0.717, 1.165) is 19.1 Å². The first kappa shape index (κ1) is 15.9. The second-order valence-corrected chi connectivity index (χ2v) is 7.25. The Bertz CT molecular complexity index is 622. The highest BCUT2D eigenvalue weighted by Gasteiger charge is 2.11. The highest BCUT2D eigenvalue weighted by molar-refractivity contribution is 9.11. The molecule has 106 valence electrons. The van der Waals surface area contributed by atoms with E-state index in [-0.39, 0.29) is 12.4 Å². The molecule has 20 heavy (non-hydrogen) atoms. The standard InChI is InChI=1S/C12H9Br3N2O2S/c1-19-10(18)4-7-5-20-12(16-7)17-11-8(14)2-6(13)3-9(11)15/h2-3,5H,4H2,1H3,(H,16,17). The van der Waals surface area contributed by atoms with E-state index in [1.54, 1.807) is 0 Å². The van der Waals surface area contributed by atoms with Gasteiger partial charge in [-0.2, -0.15) is 0 Å². The molecule has 2 rings (SSSR count). The number of thiazole rings is 1. The molecule has 8 heteroatoms. The number of methoxy groups -OCH3 is 1. The fraction of sp³-hybridized carbons (Fsp3) is 0.167. The molecule has 0 bridgehead atoms. The van der Waals surface area contributed by atoms with Crippen LogP contribution in [0.4, 0.5) is 10.8 Å². The monoisotopic (exact) mass is 482 g/mol. The van der Waals surface area contributed by atoms with Crippen LogP contribution in [0.2, 0.25) is 0 Å². The molecule has 0 saturated carbocycles. The van der Waals surface area contributed by atoms with Crippen LogP contribution in [-0.2, 0) is 16.0 Å². The van der Waals surface area contributed by atoms with Crippen LogP contribution in [0.3, 0.4) is 0 Å². The summed E-state index contributed by atoms with van der Waals surface area (Å²) in [7, 11) is 1.36. The number of nitrogens with one attached hydrogen (secondary N) is 1. The highest BCUT2D eigenvalue weighted by Crippen LogP contribution is 2.36. The van der Waals surface area contributed by atoms with Gasteiger partial charge in [0.15, 0.2) is 5.13 Å². The Kier molecular flexibility index (Phi) is 5.59. The van der Waals surface area contributed by atoms with Crippen molar-refractivity contribution < 1.29 is 9.53 Å². The maximum absolute atomic E-state index is 11.2. The van der Waals surface area contributed by atoms with Gasteiger partial charge in [-0.15, -0.1) is 11.3 Å². The molecular formula is C12H9Br3N2O2S. The average Bonchev–Trinajstić information content (AvgIpc) is 2.81. The summed E-state index contributed by atoms with van der Waals surface area (Å²) >= 11 is 11.8. The van der Waals surface area contributed by atoms with Crippen molar-refractivity contribution in [3.63, 3.8) is 0 Å². The van der Waals surface area contributed by atoms with Gasteiger partial charge in [-0.3, -0.25) is 4.79 Å². The summed E-state index contributed by atoms with van der Waals surface area (Å²) in [6.45, 7) is 0. The van der Waals surface area contributed by atoms with Crippen LogP contribution in [0, 0.1) is 0 Å². The summed E-state index contributed by atoms with van der Waals surface area (Å²) in [5.74, 6) is -0.298. The number of halogens is 3. The summed E-state index contributed by atoms with van der Waals surface area (Å²) in [6.07, 6.45) is 0.178. The number of aromatic nitrogens is 1. The zero-order chi connectivity index (χ0) is 14.7. The van der Waals surface area contributed by atoms with Gasteiger partial charge >= 0.3 is 5.97 Å². The Morgan fingerprint density at radius 2 is 2.00 bits per heavy atom. The van der Waals surface area contributed by atoms with Crippen LogP contribution in [0.25, 0.3) is 0 Å². The van der Waals surface area contributed by atoms with Crippen molar-refractivity contribution in [2.45, 2.75) is 6.42 Å². The highest BCUT2D eigenvalue weighted by atomic mass is 79.9. The molecule has 0 radical (unpaired) electrons. The summed E-state index contributed by atoms with van der Waals surface area (Å²) in [4.78, 5) is 15.5. The van der Waals surface area contributed by atoms with E-state index in [2.05, 4.69) is 62.8 Å². The molecule has 0 aliphatic heterocycles. The van der Waals surface area contributed by atoms with Gasteiger partial charge in [-0.05, 0) is 44.0 Å². The summed E-state index contributed by atoms with van der Waals surface area (Å²) < 4.78 is 7.40. The molecule has 4 nitrogen and oxygen atoms in total. The average molecular weight is 485 g/mol. The first-order chi connectivity index (χ1) is 9.49. The minimum atomic E-state index is -0.298. The first-order valence-electron chi connectivity index (χ1n) is 5.42. The van der Waals surface area contributed by atoms with E-state index in [9.17, 15) is 4.79 Å². The number of nitrogens with zero attached hydrogens (tertiary/aromatic N) is 1.